The van der Waals surface area contributed by atoms with Gasteiger partial charge >= 0.3 is 0 Å². The molecule has 3 aromatic rings. The van der Waals surface area contributed by atoms with Crippen molar-refractivity contribution in [1.82, 2.24) is 14.1 Å². The van der Waals surface area contributed by atoms with Gasteiger partial charge in [0.25, 0.3) is 5.56 Å². The minimum absolute atomic E-state index is 0.0109. The van der Waals surface area contributed by atoms with Crippen molar-refractivity contribution >= 4 is 40.0 Å². The molecule has 0 spiro atoms. The maximum atomic E-state index is 12.8. The van der Waals surface area contributed by atoms with Gasteiger partial charge < -0.3 is 4.57 Å². The van der Waals surface area contributed by atoms with Crippen molar-refractivity contribution in [2.45, 2.75) is 25.5 Å². The first-order chi connectivity index (χ1) is 12.8. The molecule has 0 amide bonds. The molecule has 0 saturated carbocycles. The molecule has 2 heterocycles. The Morgan fingerprint density at radius 2 is 2.07 bits per heavy atom. The Hall–Kier alpha value is -2.31. The van der Waals surface area contributed by atoms with Crippen molar-refractivity contribution in [2.24, 2.45) is 7.05 Å². The summed E-state index contributed by atoms with van der Waals surface area (Å²) in [5.74, 6) is 0.212. The van der Waals surface area contributed by atoms with Gasteiger partial charge in [0.05, 0.1) is 16.7 Å². The first-order valence-corrected chi connectivity index (χ1v) is 9.79. The molecule has 7 heteroatoms. The number of fused-ring (bicyclic) bond motifs is 1. The van der Waals surface area contributed by atoms with Gasteiger partial charge in [-0.2, -0.15) is 0 Å². The Bertz CT molecular complexity index is 1110. The number of halogens is 1. The second kappa shape index (κ2) is 7.74. The number of Topliss-reactive ketones (excluding diaryl/α,β-unsaturated/α-hetero) is 1. The molecular formula is C20H20ClN3O2S. The summed E-state index contributed by atoms with van der Waals surface area (Å²) in [6.45, 7) is 7.92. The summed E-state index contributed by atoms with van der Waals surface area (Å²) in [6, 6.07) is 6.92. The standard InChI is InChI=1S/C20H20ClN3O2S/c1-5-8-24-19(26)16-10-14(21)6-7-17(16)22-20(24)27-11-18(25)15-9-12(2)23(4)13(15)3/h5-7,9-10H,1,8,11H2,2-4H3. The van der Waals surface area contributed by atoms with Crippen LogP contribution >= 0.6 is 23.4 Å². The lowest BCUT2D eigenvalue weighted by atomic mass is 10.2. The first kappa shape index (κ1) is 19.5. The molecule has 27 heavy (non-hydrogen) atoms. The second-order valence-electron chi connectivity index (χ2n) is 6.32. The van der Waals surface area contributed by atoms with E-state index in [9.17, 15) is 9.59 Å². The van der Waals surface area contributed by atoms with Crippen molar-refractivity contribution < 1.29 is 4.79 Å². The molecule has 0 saturated heterocycles. The van der Waals surface area contributed by atoms with Crippen molar-refractivity contribution in [3.63, 3.8) is 0 Å². The van der Waals surface area contributed by atoms with Crippen LogP contribution < -0.4 is 5.56 Å². The van der Waals surface area contributed by atoms with E-state index in [0.29, 0.717) is 33.2 Å². The molecule has 0 unspecified atom stereocenters. The van der Waals surface area contributed by atoms with E-state index < -0.39 is 0 Å². The van der Waals surface area contributed by atoms with E-state index in [1.807, 2.05) is 31.5 Å². The highest BCUT2D eigenvalue weighted by Crippen LogP contribution is 2.22. The summed E-state index contributed by atoms with van der Waals surface area (Å²) in [5.41, 5.74) is 3.04. The van der Waals surface area contributed by atoms with Crippen LogP contribution in [0.15, 0.2) is 46.9 Å². The van der Waals surface area contributed by atoms with Crippen LogP contribution in [0.3, 0.4) is 0 Å². The van der Waals surface area contributed by atoms with Crippen LogP contribution in [0, 0.1) is 13.8 Å². The third-order valence-corrected chi connectivity index (χ3v) is 5.81. The zero-order chi connectivity index (χ0) is 19.7. The van der Waals surface area contributed by atoms with Crippen LogP contribution in [0.4, 0.5) is 0 Å². The molecule has 2 aromatic heterocycles. The fourth-order valence-electron chi connectivity index (χ4n) is 2.92. The Balaban J connectivity index is 1.96. The van der Waals surface area contributed by atoms with Crippen LogP contribution in [0.1, 0.15) is 21.7 Å². The van der Waals surface area contributed by atoms with Gasteiger partial charge in [-0.3, -0.25) is 14.2 Å². The van der Waals surface area contributed by atoms with E-state index in [1.165, 1.54) is 16.3 Å². The third kappa shape index (κ3) is 3.73. The lowest BCUT2D eigenvalue weighted by molar-refractivity contribution is 0.102. The van der Waals surface area contributed by atoms with Crippen molar-refractivity contribution in [1.29, 1.82) is 0 Å². The maximum absolute atomic E-state index is 12.8. The average molecular weight is 402 g/mol. The normalized spacial score (nSPS) is 11.1. The van der Waals surface area contributed by atoms with Crippen LogP contribution in [0.25, 0.3) is 10.9 Å². The van der Waals surface area contributed by atoms with E-state index in [1.54, 1.807) is 24.3 Å². The summed E-state index contributed by atoms with van der Waals surface area (Å²) >= 11 is 7.27. The monoisotopic (exact) mass is 401 g/mol. The van der Waals surface area contributed by atoms with Gasteiger partial charge in [0.1, 0.15) is 0 Å². The molecule has 0 aliphatic rings. The number of carbonyl (C=O) groups is 1. The first-order valence-electron chi connectivity index (χ1n) is 8.43. The summed E-state index contributed by atoms with van der Waals surface area (Å²) in [6.07, 6.45) is 1.63. The number of hydrogen-bond donors (Lipinski definition) is 0. The molecule has 3 rings (SSSR count). The topological polar surface area (TPSA) is 56.9 Å². The Kier molecular flexibility index (Phi) is 5.58. The fraction of sp³-hybridized carbons (Fsp3) is 0.250. The predicted octanol–water partition coefficient (Wildman–Crippen LogP) is 4.17. The smallest absolute Gasteiger partial charge is 0.262 e. The van der Waals surface area contributed by atoms with Crippen LogP contribution in [0.5, 0.6) is 0 Å². The summed E-state index contributed by atoms with van der Waals surface area (Å²) < 4.78 is 3.51. The quantitative estimate of drug-likeness (QED) is 0.269. The highest BCUT2D eigenvalue weighted by Gasteiger charge is 2.17. The van der Waals surface area contributed by atoms with E-state index in [-0.39, 0.29) is 17.1 Å². The Morgan fingerprint density at radius 3 is 2.70 bits per heavy atom. The van der Waals surface area contributed by atoms with E-state index in [2.05, 4.69) is 11.6 Å². The van der Waals surface area contributed by atoms with Gasteiger partial charge in [-0.05, 0) is 38.1 Å². The number of aryl methyl sites for hydroxylation is 1. The summed E-state index contributed by atoms with van der Waals surface area (Å²) in [5, 5.41) is 1.43. The molecule has 5 nitrogen and oxygen atoms in total. The van der Waals surface area contributed by atoms with Gasteiger partial charge in [-0.15, -0.1) is 6.58 Å². The zero-order valence-electron chi connectivity index (χ0n) is 15.5. The van der Waals surface area contributed by atoms with Gasteiger partial charge in [-0.1, -0.05) is 29.4 Å². The Morgan fingerprint density at radius 1 is 1.33 bits per heavy atom. The molecule has 0 fully saturated rings. The molecule has 0 atom stereocenters. The van der Waals surface area contributed by atoms with Crippen molar-refractivity contribution in [2.75, 3.05) is 5.75 Å². The van der Waals surface area contributed by atoms with Crippen molar-refractivity contribution in [3.8, 4) is 0 Å². The highest BCUT2D eigenvalue weighted by molar-refractivity contribution is 7.99. The summed E-state index contributed by atoms with van der Waals surface area (Å²) in [4.78, 5) is 30.1. The molecule has 0 aliphatic carbocycles. The number of hydrogen-bond acceptors (Lipinski definition) is 4. The maximum Gasteiger partial charge on any atom is 0.262 e. The number of carbonyl (C=O) groups excluding carboxylic acids is 1. The van der Waals surface area contributed by atoms with Gasteiger partial charge in [-0.25, -0.2) is 4.98 Å². The number of benzene rings is 1. The number of ketones is 1. The SMILES string of the molecule is C=CCn1c(SCC(=O)c2cc(C)n(C)c2C)nc2ccc(Cl)cc2c1=O. The number of thioether (sulfide) groups is 1. The fourth-order valence-corrected chi connectivity index (χ4v) is 3.98. The highest BCUT2D eigenvalue weighted by atomic mass is 35.5. The largest absolute Gasteiger partial charge is 0.351 e. The van der Waals surface area contributed by atoms with Gasteiger partial charge in [0, 0.05) is 35.6 Å². The van der Waals surface area contributed by atoms with E-state index in [4.69, 9.17) is 11.6 Å². The minimum Gasteiger partial charge on any atom is -0.351 e. The molecule has 1 aromatic carbocycles. The minimum atomic E-state index is -0.191. The predicted molar refractivity (Wildman–Crippen MR) is 111 cm³/mol. The number of rotatable bonds is 6. The number of aromatic nitrogens is 3. The van der Waals surface area contributed by atoms with E-state index >= 15 is 0 Å². The lowest BCUT2D eigenvalue weighted by Gasteiger charge is -2.11. The van der Waals surface area contributed by atoms with E-state index in [0.717, 1.165) is 11.4 Å². The molecule has 0 bridgehead atoms. The Labute approximate surface area is 166 Å². The third-order valence-electron chi connectivity index (χ3n) is 4.60. The zero-order valence-corrected chi connectivity index (χ0v) is 17.0. The van der Waals surface area contributed by atoms with Crippen molar-refractivity contribution in [3.05, 3.63) is 69.2 Å². The molecule has 140 valence electrons. The number of nitrogens with zero attached hydrogens (tertiary/aromatic N) is 3. The molecular weight excluding hydrogens is 382 g/mol. The average Bonchev–Trinajstić information content (AvgIpc) is 2.90. The van der Waals surface area contributed by atoms with Gasteiger partial charge in [0.15, 0.2) is 10.9 Å². The van der Waals surface area contributed by atoms with Crippen LogP contribution in [-0.4, -0.2) is 25.7 Å². The molecule has 0 N–H and O–H groups in total. The molecule has 0 radical (unpaired) electrons. The van der Waals surface area contributed by atoms with Gasteiger partial charge in [0.2, 0.25) is 0 Å². The number of allylic oxidation sites excluding steroid dienone is 1. The summed E-state index contributed by atoms with van der Waals surface area (Å²) in [7, 11) is 1.94. The van der Waals surface area contributed by atoms with Crippen LogP contribution in [0.2, 0.25) is 5.02 Å². The lowest BCUT2D eigenvalue weighted by Crippen LogP contribution is -2.23. The van der Waals surface area contributed by atoms with Crippen LogP contribution in [-0.2, 0) is 13.6 Å². The second-order valence-corrected chi connectivity index (χ2v) is 7.69. The molecule has 0 aliphatic heterocycles.